The highest BCUT2D eigenvalue weighted by Gasteiger charge is 2.28. The molecule has 0 heteroatoms. The molecule has 0 aliphatic heterocycles. The Balaban J connectivity index is 2.64. The molecule has 0 aromatic carbocycles. The van der Waals surface area contributed by atoms with Gasteiger partial charge in [0.1, 0.15) is 0 Å². The molecule has 64 valence electrons. The van der Waals surface area contributed by atoms with Crippen molar-refractivity contribution >= 4 is 0 Å². The molecule has 11 heavy (non-hydrogen) atoms. The van der Waals surface area contributed by atoms with Crippen molar-refractivity contribution < 1.29 is 0 Å². The van der Waals surface area contributed by atoms with Gasteiger partial charge in [-0.2, -0.15) is 0 Å². The quantitative estimate of drug-likeness (QED) is 0.502. The largest absolute Gasteiger partial charge is 0.0851 e. The van der Waals surface area contributed by atoms with Gasteiger partial charge in [-0.3, -0.25) is 0 Å². The molecule has 0 aromatic rings. The average Bonchev–Trinajstić information content (AvgIpc) is 1.95. The number of hydrogen-bond acceptors (Lipinski definition) is 0. The van der Waals surface area contributed by atoms with Gasteiger partial charge >= 0.3 is 0 Å². The van der Waals surface area contributed by atoms with Gasteiger partial charge in [0.2, 0.25) is 0 Å². The highest BCUT2D eigenvalue weighted by atomic mass is 14.3. The molecule has 0 bridgehead atoms. The Morgan fingerprint density at radius 1 is 1.45 bits per heavy atom. The van der Waals surface area contributed by atoms with E-state index in [0.29, 0.717) is 5.41 Å². The maximum atomic E-state index is 2.42. The molecule has 0 fully saturated rings. The monoisotopic (exact) mass is 152 g/mol. The Morgan fingerprint density at radius 2 is 2.09 bits per heavy atom. The third kappa shape index (κ3) is 1.85. The fourth-order valence-corrected chi connectivity index (χ4v) is 1.62. The van der Waals surface area contributed by atoms with Crippen LogP contribution in [0, 0.1) is 11.3 Å². The minimum atomic E-state index is 0.583. The molecule has 0 aromatic heterocycles. The van der Waals surface area contributed by atoms with Crippen molar-refractivity contribution in [3.63, 3.8) is 0 Å². The Labute approximate surface area is 70.7 Å². The Morgan fingerprint density at radius 3 is 2.45 bits per heavy atom. The van der Waals surface area contributed by atoms with E-state index in [1.807, 2.05) is 0 Å². The van der Waals surface area contributed by atoms with E-state index in [1.165, 1.54) is 19.3 Å². The second-order valence-corrected chi connectivity index (χ2v) is 4.56. The Hall–Kier alpha value is -0.260. The Kier molecular flexibility index (Phi) is 2.41. The van der Waals surface area contributed by atoms with Crippen molar-refractivity contribution in [3.8, 4) is 0 Å². The predicted octanol–water partition coefficient (Wildman–Crippen LogP) is 3.78. The molecular formula is C11H20. The van der Waals surface area contributed by atoms with E-state index in [1.54, 1.807) is 5.57 Å². The minimum absolute atomic E-state index is 0.583. The van der Waals surface area contributed by atoms with Gasteiger partial charge in [0.05, 0.1) is 0 Å². The highest BCUT2D eigenvalue weighted by molar-refractivity contribution is 5.06. The molecule has 0 saturated heterocycles. The number of rotatable bonds is 1. The van der Waals surface area contributed by atoms with Crippen molar-refractivity contribution in [3.05, 3.63) is 11.6 Å². The summed E-state index contributed by atoms with van der Waals surface area (Å²) in [4.78, 5) is 0. The van der Waals surface area contributed by atoms with E-state index in [-0.39, 0.29) is 0 Å². The van der Waals surface area contributed by atoms with Gasteiger partial charge in [0.15, 0.2) is 0 Å². The van der Waals surface area contributed by atoms with Gasteiger partial charge in [-0.05, 0) is 37.5 Å². The first-order chi connectivity index (χ1) is 5.04. The van der Waals surface area contributed by atoms with Crippen LogP contribution in [0.25, 0.3) is 0 Å². The summed E-state index contributed by atoms with van der Waals surface area (Å²) in [7, 11) is 0. The molecule has 0 saturated carbocycles. The second-order valence-electron chi connectivity index (χ2n) is 4.56. The lowest BCUT2D eigenvalue weighted by Gasteiger charge is -2.36. The van der Waals surface area contributed by atoms with Crippen LogP contribution < -0.4 is 0 Å². The first kappa shape index (κ1) is 8.83. The van der Waals surface area contributed by atoms with Gasteiger partial charge < -0.3 is 0 Å². The molecule has 0 unspecified atom stereocenters. The van der Waals surface area contributed by atoms with E-state index in [0.717, 1.165) is 5.92 Å². The van der Waals surface area contributed by atoms with Crippen molar-refractivity contribution in [2.24, 2.45) is 11.3 Å². The zero-order valence-electron chi connectivity index (χ0n) is 8.28. The fraction of sp³-hybridized carbons (Fsp3) is 0.818. The normalized spacial score (nSPS) is 32.3. The van der Waals surface area contributed by atoms with Crippen molar-refractivity contribution in [1.82, 2.24) is 0 Å². The van der Waals surface area contributed by atoms with Crippen molar-refractivity contribution in [2.75, 3.05) is 0 Å². The molecule has 0 heterocycles. The zero-order valence-corrected chi connectivity index (χ0v) is 8.28. The van der Waals surface area contributed by atoms with Crippen LogP contribution in [-0.4, -0.2) is 0 Å². The van der Waals surface area contributed by atoms with Crippen LogP contribution in [0.15, 0.2) is 11.6 Å². The maximum absolute atomic E-state index is 2.42. The van der Waals surface area contributed by atoms with Gasteiger partial charge in [-0.25, -0.2) is 0 Å². The minimum Gasteiger partial charge on any atom is -0.0851 e. The summed E-state index contributed by atoms with van der Waals surface area (Å²) in [5, 5.41) is 0. The van der Waals surface area contributed by atoms with Crippen LogP contribution in [0.3, 0.4) is 0 Å². The molecule has 0 spiro atoms. The average molecular weight is 152 g/mol. The number of allylic oxidation sites excluding steroid dienone is 2. The van der Waals surface area contributed by atoms with Crippen LogP contribution in [-0.2, 0) is 0 Å². The highest BCUT2D eigenvalue weighted by Crippen LogP contribution is 2.40. The summed E-state index contributed by atoms with van der Waals surface area (Å²) < 4.78 is 0. The fourth-order valence-electron chi connectivity index (χ4n) is 1.62. The lowest BCUT2D eigenvalue weighted by Crippen LogP contribution is -2.25. The summed E-state index contributed by atoms with van der Waals surface area (Å²) in [6.45, 7) is 9.35. The summed E-state index contributed by atoms with van der Waals surface area (Å²) in [5.74, 6) is 0.826. The van der Waals surface area contributed by atoms with Crippen LogP contribution >= 0.6 is 0 Å². The van der Waals surface area contributed by atoms with Crippen LogP contribution in [0.5, 0.6) is 0 Å². The van der Waals surface area contributed by atoms with Gasteiger partial charge in [-0.1, -0.05) is 32.4 Å². The number of hydrogen-bond donors (Lipinski definition) is 0. The zero-order chi connectivity index (χ0) is 8.48. The van der Waals surface area contributed by atoms with E-state index < -0.39 is 0 Å². The van der Waals surface area contributed by atoms with Crippen LogP contribution in [0.4, 0.5) is 0 Å². The van der Waals surface area contributed by atoms with Crippen LogP contribution in [0.1, 0.15) is 47.0 Å². The molecule has 0 nitrogen and oxygen atoms in total. The predicted molar refractivity (Wildman–Crippen MR) is 50.6 cm³/mol. The maximum Gasteiger partial charge on any atom is -0.0265 e. The molecule has 1 rings (SSSR count). The molecule has 0 radical (unpaired) electrons. The smallest absolute Gasteiger partial charge is 0.0265 e. The topological polar surface area (TPSA) is 0 Å². The van der Waals surface area contributed by atoms with Crippen molar-refractivity contribution in [1.29, 1.82) is 0 Å². The van der Waals surface area contributed by atoms with Crippen molar-refractivity contribution in [2.45, 2.75) is 47.0 Å². The lowest BCUT2D eigenvalue weighted by molar-refractivity contribution is 0.193. The van der Waals surface area contributed by atoms with Gasteiger partial charge in [0, 0.05) is 0 Å². The SMILES string of the molecule is CC1=CC[C@@](C)(C(C)C)CC1. The van der Waals surface area contributed by atoms with E-state index in [4.69, 9.17) is 0 Å². The lowest BCUT2D eigenvalue weighted by atomic mass is 9.69. The summed E-state index contributed by atoms with van der Waals surface area (Å²) >= 11 is 0. The molecule has 0 N–H and O–H groups in total. The van der Waals surface area contributed by atoms with E-state index >= 15 is 0 Å². The standard InChI is InChI=1S/C11H20/c1-9(2)11(4)7-5-10(3)6-8-11/h5,9H,6-8H2,1-4H3/t11-/m1/s1. The summed E-state index contributed by atoms with van der Waals surface area (Å²) in [6.07, 6.45) is 6.40. The summed E-state index contributed by atoms with van der Waals surface area (Å²) in [5.41, 5.74) is 2.17. The van der Waals surface area contributed by atoms with Gasteiger partial charge in [-0.15, -0.1) is 0 Å². The second kappa shape index (κ2) is 3.00. The molecule has 1 aliphatic rings. The van der Waals surface area contributed by atoms with E-state index in [9.17, 15) is 0 Å². The summed E-state index contributed by atoms with van der Waals surface area (Å²) in [6, 6.07) is 0. The molecular weight excluding hydrogens is 132 g/mol. The van der Waals surface area contributed by atoms with E-state index in [2.05, 4.69) is 33.8 Å². The third-order valence-corrected chi connectivity index (χ3v) is 3.40. The molecule has 0 amide bonds. The first-order valence-corrected chi connectivity index (χ1v) is 4.70. The Bertz CT molecular complexity index is 165. The van der Waals surface area contributed by atoms with Crippen LogP contribution in [0.2, 0.25) is 0 Å². The third-order valence-electron chi connectivity index (χ3n) is 3.40. The first-order valence-electron chi connectivity index (χ1n) is 4.70. The van der Waals surface area contributed by atoms with Gasteiger partial charge in [0.25, 0.3) is 0 Å². The molecule has 1 atom stereocenters. The molecule has 1 aliphatic carbocycles.